The second kappa shape index (κ2) is 7.25. The Balaban J connectivity index is 1.87. The maximum atomic E-state index is 14.0. The van der Waals surface area contributed by atoms with Gasteiger partial charge in [-0.25, -0.2) is 23.4 Å². The number of rotatable bonds is 4. The minimum Gasteiger partial charge on any atom is -0.501 e. The molecule has 0 saturated carbocycles. The molecule has 1 fully saturated rings. The summed E-state index contributed by atoms with van der Waals surface area (Å²) in [6.07, 6.45) is -1.96. The molecular weight excluding hydrogens is 380 g/mol. The van der Waals surface area contributed by atoms with Crippen LogP contribution in [0.5, 0.6) is 5.75 Å². The second-order valence-electron chi connectivity index (χ2n) is 6.20. The van der Waals surface area contributed by atoms with Crippen molar-refractivity contribution < 1.29 is 33.3 Å². The van der Waals surface area contributed by atoms with Crippen LogP contribution < -0.4 is 5.56 Å². The summed E-state index contributed by atoms with van der Waals surface area (Å²) >= 11 is 0. The number of hydrogen-bond acceptors (Lipinski definition) is 6. The van der Waals surface area contributed by atoms with Crippen molar-refractivity contribution in [3.8, 4) is 5.75 Å². The molecule has 0 unspecified atom stereocenters. The summed E-state index contributed by atoms with van der Waals surface area (Å²) in [5, 5.41) is 18.5. The number of amides is 1. The van der Waals surface area contributed by atoms with Crippen molar-refractivity contribution in [2.75, 3.05) is 6.54 Å². The maximum absolute atomic E-state index is 14.0. The molecular formula is C17H15F2N3O6. The zero-order valence-electron chi connectivity index (χ0n) is 14.3. The van der Waals surface area contributed by atoms with Crippen LogP contribution in [0.15, 0.2) is 35.1 Å². The summed E-state index contributed by atoms with van der Waals surface area (Å²) < 4.78 is 33.0. The first-order valence-corrected chi connectivity index (χ1v) is 8.09. The van der Waals surface area contributed by atoms with E-state index in [1.54, 1.807) is 30.3 Å². The number of ether oxygens (including phenoxy) is 1. The van der Waals surface area contributed by atoms with Crippen LogP contribution in [0.25, 0.3) is 0 Å². The normalized spacial score (nSPS) is 18.1. The van der Waals surface area contributed by atoms with Gasteiger partial charge in [-0.2, -0.15) is 0 Å². The highest BCUT2D eigenvalue weighted by Gasteiger charge is 2.49. The molecule has 0 spiro atoms. The lowest BCUT2D eigenvalue weighted by Crippen LogP contribution is -2.34. The zero-order valence-corrected chi connectivity index (χ0v) is 14.3. The molecule has 0 radical (unpaired) electrons. The van der Waals surface area contributed by atoms with Crippen molar-refractivity contribution in [1.29, 1.82) is 0 Å². The number of aromatic amines is 1. The van der Waals surface area contributed by atoms with Gasteiger partial charge in [0.05, 0.1) is 12.6 Å². The number of benzene rings is 1. The molecule has 1 aromatic heterocycles. The van der Waals surface area contributed by atoms with Crippen molar-refractivity contribution in [2.45, 2.75) is 25.0 Å². The predicted octanol–water partition coefficient (Wildman–Crippen LogP) is 1.89. The Hall–Kier alpha value is -3.50. The van der Waals surface area contributed by atoms with Gasteiger partial charge in [0.25, 0.3) is 11.5 Å². The number of hydrogen-bond donors (Lipinski definition) is 3. The van der Waals surface area contributed by atoms with Gasteiger partial charge in [-0.15, -0.1) is 0 Å². The summed E-state index contributed by atoms with van der Waals surface area (Å²) in [4.78, 5) is 41.5. The summed E-state index contributed by atoms with van der Waals surface area (Å²) in [5.41, 5.74) is -1.57. The molecule has 28 heavy (non-hydrogen) atoms. The van der Waals surface area contributed by atoms with E-state index in [4.69, 9.17) is 9.84 Å². The lowest BCUT2D eigenvalue weighted by molar-refractivity contribution is 0.0101. The Morgan fingerprint density at radius 3 is 2.64 bits per heavy atom. The molecule has 2 aromatic rings. The standard InChI is InChI=1S/C17H15F2N3O6/c18-17(19)6-10(13-20-11(15(25)26)12(23)14(24)21-13)22(8-17)16(27)28-7-9-4-2-1-3-5-9/h1-5,10,23H,6-8H2,(H,25,26)(H,20,21,24)/t10-/m0/s1. The number of nitrogens with zero attached hydrogens (tertiary/aromatic N) is 2. The van der Waals surface area contributed by atoms with Gasteiger partial charge in [0.1, 0.15) is 12.4 Å². The first-order chi connectivity index (χ1) is 13.2. The number of aromatic hydroxyl groups is 1. The van der Waals surface area contributed by atoms with Crippen molar-refractivity contribution in [1.82, 2.24) is 14.9 Å². The minimum atomic E-state index is -3.30. The fourth-order valence-corrected chi connectivity index (χ4v) is 2.85. The number of likely N-dealkylation sites (tertiary alicyclic amines) is 1. The van der Waals surface area contributed by atoms with E-state index in [0.717, 1.165) is 0 Å². The molecule has 1 atom stereocenters. The van der Waals surface area contributed by atoms with E-state index in [1.807, 2.05) is 4.98 Å². The number of carbonyl (C=O) groups is 2. The third kappa shape index (κ3) is 3.92. The predicted molar refractivity (Wildman–Crippen MR) is 89.1 cm³/mol. The Labute approximate surface area is 156 Å². The van der Waals surface area contributed by atoms with Crippen LogP contribution >= 0.6 is 0 Å². The number of alkyl halides is 2. The fraction of sp³-hybridized carbons (Fsp3) is 0.294. The van der Waals surface area contributed by atoms with Gasteiger partial charge < -0.3 is 19.9 Å². The quantitative estimate of drug-likeness (QED) is 0.720. The van der Waals surface area contributed by atoms with E-state index >= 15 is 0 Å². The van der Waals surface area contributed by atoms with Gasteiger partial charge in [-0.3, -0.25) is 9.69 Å². The van der Waals surface area contributed by atoms with Gasteiger partial charge in [-0.05, 0) is 5.56 Å². The van der Waals surface area contributed by atoms with E-state index in [2.05, 4.69) is 4.98 Å². The molecule has 3 rings (SSSR count). The van der Waals surface area contributed by atoms with Crippen molar-refractivity contribution >= 4 is 12.1 Å². The van der Waals surface area contributed by atoms with Crippen molar-refractivity contribution in [3.63, 3.8) is 0 Å². The molecule has 0 aliphatic carbocycles. The number of aromatic nitrogens is 2. The molecule has 11 heteroatoms. The number of aromatic carboxylic acids is 1. The zero-order chi connectivity index (χ0) is 20.5. The molecule has 0 bridgehead atoms. The third-order valence-corrected chi connectivity index (χ3v) is 4.14. The molecule has 3 N–H and O–H groups in total. The van der Waals surface area contributed by atoms with Gasteiger partial charge in [0, 0.05) is 6.42 Å². The monoisotopic (exact) mass is 395 g/mol. The molecule has 2 heterocycles. The maximum Gasteiger partial charge on any atom is 0.410 e. The van der Waals surface area contributed by atoms with Crippen LogP contribution in [0.3, 0.4) is 0 Å². The molecule has 9 nitrogen and oxygen atoms in total. The second-order valence-corrected chi connectivity index (χ2v) is 6.20. The highest BCUT2D eigenvalue weighted by Crippen LogP contribution is 2.40. The van der Waals surface area contributed by atoms with E-state index in [0.29, 0.717) is 10.5 Å². The summed E-state index contributed by atoms with van der Waals surface area (Å²) in [6.45, 7) is -1.15. The largest absolute Gasteiger partial charge is 0.501 e. The summed E-state index contributed by atoms with van der Waals surface area (Å²) in [7, 11) is 0. The Morgan fingerprint density at radius 1 is 1.32 bits per heavy atom. The number of nitrogens with one attached hydrogen (secondary N) is 1. The average molecular weight is 395 g/mol. The first-order valence-electron chi connectivity index (χ1n) is 8.09. The van der Waals surface area contributed by atoms with Gasteiger partial charge in [-0.1, -0.05) is 30.3 Å². The Morgan fingerprint density at radius 2 is 2.00 bits per heavy atom. The van der Waals surface area contributed by atoms with Crippen LogP contribution in [0.4, 0.5) is 13.6 Å². The first kappa shape index (κ1) is 19.3. The Bertz CT molecular complexity index is 963. The topological polar surface area (TPSA) is 133 Å². The van der Waals surface area contributed by atoms with Gasteiger partial charge in [0.15, 0.2) is 5.69 Å². The van der Waals surface area contributed by atoms with E-state index in [9.17, 15) is 28.3 Å². The van der Waals surface area contributed by atoms with Crippen LogP contribution in [0.1, 0.15) is 34.3 Å². The number of carbonyl (C=O) groups excluding carboxylic acids is 1. The number of carboxylic acids is 1. The van der Waals surface area contributed by atoms with Crippen molar-refractivity contribution in [2.24, 2.45) is 0 Å². The van der Waals surface area contributed by atoms with Gasteiger partial charge in [0.2, 0.25) is 5.75 Å². The molecule has 148 valence electrons. The molecule has 1 saturated heterocycles. The van der Waals surface area contributed by atoms with Crippen LogP contribution in [-0.4, -0.2) is 49.6 Å². The van der Waals surface area contributed by atoms with Crippen LogP contribution in [-0.2, 0) is 11.3 Å². The highest BCUT2D eigenvalue weighted by molar-refractivity contribution is 5.88. The van der Waals surface area contributed by atoms with Crippen LogP contribution in [0, 0.1) is 0 Å². The summed E-state index contributed by atoms with van der Waals surface area (Å²) in [5.74, 6) is -6.64. The highest BCUT2D eigenvalue weighted by atomic mass is 19.3. The Kier molecular flexibility index (Phi) is 4.99. The molecule has 1 aliphatic heterocycles. The number of carboxylic acid groups (broad SMARTS) is 1. The summed E-state index contributed by atoms with van der Waals surface area (Å²) in [6, 6.07) is 7.13. The van der Waals surface area contributed by atoms with Crippen molar-refractivity contribution in [3.05, 3.63) is 57.8 Å². The fourth-order valence-electron chi connectivity index (χ4n) is 2.85. The van der Waals surface area contributed by atoms with Gasteiger partial charge >= 0.3 is 12.1 Å². The molecule has 1 aromatic carbocycles. The average Bonchev–Trinajstić information content (AvgIpc) is 2.98. The van der Waals surface area contributed by atoms with E-state index in [1.165, 1.54) is 0 Å². The van der Waals surface area contributed by atoms with E-state index < -0.39 is 59.8 Å². The third-order valence-electron chi connectivity index (χ3n) is 4.14. The lowest BCUT2D eigenvalue weighted by atomic mass is 10.1. The number of halogens is 2. The smallest absolute Gasteiger partial charge is 0.410 e. The minimum absolute atomic E-state index is 0.158. The molecule has 1 amide bonds. The number of H-pyrrole nitrogens is 1. The molecule has 1 aliphatic rings. The lowest BCUT2D eigenvalue weighted by Gasteiger charge is -2.22. The van der Waals surface area contributed by atoms with Crippen LogP contribution in [0.2, 0.25) is 0 Å². The van der Waals surface area contributed by atoms with E-state index in [-0.39, 0.29) is 6.61 Å². The SMILES string of the molecule is O=C(O)c1nc([C@@H]2CC(F)(F)CN2C(=O)OCc2ccccc2)[nH]c(=O)c1O.